The predicted molar refractivity (Wildman–Crippen MR) is 48.1 cm³/mol. The van der Waals surface area contributed by atoms with Crippen LogP contribution in [0.2, 0.25) is 0 Å². The molecule has 0 radical (unpaired) electrons. The third-order valence-electron chi connectivity index (χ3n) is 1.57. The van der Waals surface area contributed by atoms with Gasteiger partial charge in [0.2, 0.25) is 0 Å². The molecule has 0 saturated heterocycles. The van der Waals surface area contributed by atoms with Crippen LogP contribution in [0, 0.1) is 11.3 Å². The zero-order valence-corrected chi connectivity index (χ0v) is 6.93. The summed E-state index contributed by atoms with van der Waals surface area (Å²) in [7, 11) is 0. The van der Waals surface area contributed by atoms with E-state index < -0.39 is 0 Å². The van der Waals surface area contributed by atoms with Gasteiger partial charge < -0.3 is 0 Å². The third kappa shape index (κ3) is 1.25. The summed E-state index contributed by atoms with van der Waals surface area (Å²) in [6.45, 7) is 0. The average molecular weight is 180 g/mol. The summed E-state index contributed by atoms with van der Waals surface area (Å²) in [4.78, 5) is 0. The second-order valence-corrected chi connectivity index (χ2v) is 2.28. The highest BCUT2D eigenvalue weighted by Gasteiger charge is 1.95. The number of rotatable bonds is 0. The minimum Gasteiger partial charge on any atom is -0.278 e. The largest absolute Gasteiger partial charge is 0.278 e. The first-order valence-electron chi connectivity index (χ1n) is 3.23. The molecule has 12 heavy (non-hydrogen) atoms. The zero-order valence-electron chi connectivity index (χ0n) is 6.11. The maximum atomic E-state index is 8.55. The molecular formula is C8H6ClN3. The molecule has 4 heteroatoms. The molecule has 0 bridgehead atoms. The van der Waals surface area contributed by atoms with Crippen molar-refractivity contribution in [1.29, 1.82) is 5.26 Å². The van der Waals surface area contributed by atoms with Gasteiger partial charge in [-0.25, -0.2) is 0 Å². The van der Waals surface area contributed by atoms with Crippen molar-refractivity contribution in [3.63, 3.8) is 0 Å². The SMILES string of the molecule is Cl.N#Cc1ccc2[nH]ncc2c1. The van der Waals surface area contributed by atoms with Crippen LogP contribution in [0.25, 0.3) is 10.9 Å². The van der Waals surface area contributed by atoms with Crippen molar-refractivity contribution >= 4 is 23.3 Å². The Morgan fingerprint density at radius 2 is 2.25 bits per heavy atom. The van der Waals surface area contributed by atoms with E-state index in [1.807, 2.05) is 6.07 Å². The average Bonchev–Trinajstić information content (AvgIpc) is 2.50. The van der Waals surface area contributed by atoms with Crippen molar-refractivity contribution in [3.8, 4) is 6.07 Å². The van der Waals surface area contributed by atoms with Crippen molar-refractivity contribution < 1.29 is 0 Å². The Kier molecular flexibility index (Phi) is 2.32. The van der Waals surface area contributed by atoms with Crippen molar-refractivity contribution in [2.45, 2.75) is 0 Å². The van der Waals surface area contributed by atoms with Crippen molar-refractivity contribution in [2.75, 3.05) is 0 Å². The summed E-state index contributed by atoms with van der Waals surface area (Å²) in [5.74, 6) is 0. The van der Waals surface area contributed by atoms with Crippen LogP contribution in [0.15, 0.2) is 24.4 Å². The van der Waals surface area contributed by atoms with Gasteiger partial charge in [-0.1, -0.05) is 0 Å². The summed E-state index contributed by atoms with van der Waals surface area (Å²) in [5, 5.41) is 16.2. The monoisotopic (exact) mass is 179 g/mol. The Bertz CT molecular complexity index is 427. The maximum Gasteiger partial charge on any atom is 0.0991 e. The highest BCUT2D eigenvalue weighted by Crippen LogP contribution is 2.11. The number of nitrogens with zero attached hydrogens (tertiary/aromatic N) is 2. The molecule has 2 aromatic rings. The summed E-state index contributed by atoms with van der Waals surface area (Å²) < 4.78 is 0. The molecule has 1 aromatic heterocycles. The van der Waals surface area contributed by atoms with Gasteiger partial charge in [0.1, 0.15) is 0 Å². The van der Waals surface area contributed by atoms with Gasteiger partial charge in [0.05, 0.1) is 23.3 Å². The molecule has 0 fully saturated rings. The number of nitriles is 1. The molecule has 0 atom stereocenters. The lowest BCUT2D eigenvalue weighted by molar-refractivity contribution is 1.12. The van der Waals surface area contributed by atoms with Crippen LogP contribution in [-0.4, -0.2) is 10.2 Å². The number of nitrogens with one attached hydrogen (secondary N) is 1. The van der Waals surface area contributed by atoms with Gasteiger partial charge in [-0.05, 0) is 18.2 Å². The first-order chi connectivity index (χ1) is 5.40. The smallest absolute Gasteiger partial charge is 0.0991 e. The number of aromatic nitrogens is 2. The van der Waals surface area contributed by atoms with E-state index in [9.17, 15) is 0 Å². The van der Waals surface area contributed by atoms with Gasteiger partial charge in [0, 0.05) is 5.39 Å². The van der Waals surface area contributed by atoms with E-state index in [1.165, 1.54) is 0 Å². The van der Waals surface area contributed by atoms with Crippen molar-refractivity contribution in [1.82, 2.24) is 10.2 Å². The second kappa shape index (κ2) is 3.24. The van der Waals surface area contributed by atoms with Crippen molar-refractivity contribution in [3.05, 3.63) is 30.0 Å². The summed E-state index contributed by atoms with van der Waals surface area (Å²) >= 11 is 0. The van der Waals surface area contributed by atoms with Gasteiger partial charge in [-0.3, -0.25) is 5.10 Å². The van der Waals surface area contributed by atoms with E-state index in [0.717, 1.165) is 10.9 Å². The van der Waals surface area contributed by atoms with Gasteiger partial charge in [0.25, 0.3) is 0 Å². The predicted octanol–water partition coefficient (Wildman–Crippen LogP) is 1.86. The van der Waals surface area contributed by atoms with Gasteiger partial charge in [-0.2, -0.15) is 10.4 Å². The number of halogens is 1. The van der Waals surface area contributed by atoms with E-state index in [4.69, 9.17) is 5.26 Å². The molecule has 0 spiro atoms. The molecule has 0 unspecified atom stereocenters. The fourth-order valence-electron chi connectivity index (χ4n) is 1.01. The van der Waals surface area contributed by atoms with Gasteiger partial charge in [0.15, 0.2) is 0 Å². The first-order valence-corrected chi connectivity index (χ1v) is 3.23. The quantitative estimate of drug-likeness (QED) is 0.671. The molecule has 1 heterocycles. The van der Waals surface area contributed by atoms with Crippen LogP contribution in [0.1, 0.15) is 5.56 Å². The fourth-order valence-corrected chi connectivity index (χ4v) is 1.01. The number of hydrogen-bond donors (Lipinski definition) is 1. The number of hydrogen-bond acceptors (Lipinski definition) is 2. The fraction of sp³-hybridized carbons (Fsp3) is 0. The van der Waals surface area contributed by atoms with E-state index in [-0.39, 0.29) is 12.4 Å². The Morgan fingerprint density at radius 1 is 1.42 bits per heavy atom. The lowest BCUT2D eigenvalue weighted by Gasteiger charge is -1.87. The van der Waals surface area contributed by atoms with Crippen molar-refractivity contribution in [2.24, 2.45) is 0 Å². The van der Waals surface area contributed by atoms with Gasteiger partial charge >= 0.3 is 0 Å². The molecule has 1 N–H and O–H groups in total. The van der Waals surface area contributed by atoms with Crippen LogP contribution < -0.4 is 0 Å². The molecular weight excluding hydrogens is 174 g/mol. The normalized spacial score (nSPS) is 8.92. The minimum atomic E-state index is 0. The topological polar surface area (TPSA) is 52.5 Å². The van der Waals surface area contributed by atoms with E-state index in [0.29, 0.717) is 5.56 Å². The Balaban J connectivity index is 0.000000720. The highest BCUT2D eigenvalue weighted by atomic mass is 35.5. The second-order valence-electron chi connectivity index (χ2n) is 2.28. The molecule has 0 aliphatic rings. The van der Waals surface area contributed by atoms with E-state index in [2.05, 4.69) is 16.3 Å². The van der Waals surface area contributed by atoms with E-state index >= 15 is 0 Å². The van der Waals surface area contributed by atoms with Crippen LogP contribution in [0.4, 0.5) is 0 Å². The van der Waals surface area contributed by atoms with E-state index in [1.54, 1.807) is 18.3 Å². The molecule has 1 aromatic carbocycles. The van der Waals surface area contributed by atoms with Crippen LogP contribution in [-0.2, 0) is 0 Å². The number of H-pyrrole nitrogens is 1. The van der Waals surface area contributed by atoms with Crippen LogP contribution in [0.3, 0.4) is 0 Å². The molecule has 0 saturated carbocycles. The summed E-state index contributed by atoms with van der Waals surface area (Å²) in [6.07, 6.45) is 1.70. The lowest BCUT2D eigenvalue weighted by atomic mass is 10.2. The Morgan fingerprint density at radius 3 is 3.00 bits per heavy atom. The summed E-state index contributed by atoms with van der Waals surface area (Å²) in [5.41, 5.74) is 1.63. The summed E-state index contributed by atoms with van der Waals surface area (Å²) in [6, 6.07) is 7.48. The highest BCUT2D eigenvalue weighted by molar-refractivity contribution is 5.85. The lowest BCUT2D eigenvalue weighted by Crippen LogP contribution is -1.72. The molecule has 3 nitrogen and oxygen atoms in total. The molecule has 2 rings (SSSR count). The number of aromatic amines is 1. The number of fused-ring (bicyclic) bond motifs is 1. The third-order valence-corrected chi connectivity index (χ3v) is 1.57. The minimum absolute atomic E-state index is 0. The number of benzene rings is 1. The molecule has 0 aliphatic heterocycles. The first kappa shape index (κ1) is 8.57. The standard InChI is InChI=1S/C8H5N3.ClH/c9-4-6-1-2-8-7(3-6)5-10-11-8;/h1-3,5H,(H,10,11);1H. The Hall–Kier alpha value is -1.53. The Labute approximate surface area is 75.4 Å². The maximum absolute atomic E-state index is 8.55. The molecule has 0 aliphatic carbocycles. The van der Waals surface area contributed by atoms with Crippen LogP contribution >= 0.6 is 12.4 Å². The zero-order chi connectivity index (χ0) is 7.68. The van der Waals surface area contributed by atoms with Crippen LogP contribution in [0.5, 0.6) is 0 Å². The molecule has 60 valence electrons. The van der Waals surface area contributed by atoms with Gasteiger partial charge in [-0.15, -0.1) is 12.4 Å². The molecule has 0 amide bonds.